The zero-order valence-electron chi connectivity index (χ0n) is 12.1. The molecule has 1 fully saturated rings. The van der Waals surface area contributed by atoms with Crippen molar-refractivity contribution in [3.05, 3.63) is 12.2 Å². The minimum atomic E-state index is -0.437. The molecule has 0 aromatic carbocycles. The number of hydrogen-bond donors (Lipinski definition) is 0. The molecule has 1 heterocycles. The number of amides is 1. The minimum absolute atomic E-state index is 0.229. The second-order valence-corrected chi connectivity index (χ2v) is 5.66. The molecule has 0 unspecified atom stereocenters. The molecule has 0 radical (unpaired) electrons. The zero-order valence-corrected chi connectivity index (χ0v) is 12.1. The molecule has 0 atom stereocenters. The average molecular weight is 268 g/mol. The number of nitrogens with zero attached hydrogens (tertiary/aromatic N) is 2. The SMILES string of the molecule is CC(C)(C)OC(=O)N1CCN(CC/C=C/C=O)CC1. The Hall–Kier alpha value is -1.36. The van der Waals surface area contributed by atoms with Crippen LogP contribution in [-0.4, -0.2) is 60.5 Å². The van der Waals surface area contributed by atoms with Crippen LogP contribution < -0.4 is 0 Å². The van der Waals surface area contributed by atoms with Gasteiger partial charge >= 0.3 is 6.09 Å². The van der Waals surface area contributed by atoms with Gasteiger partial charge in [-0.3, -0.25) is 9.69 Å². The zero-order chi connectivity index (χ0) is 14.3. The first-order valence-corrected chi connectivity index (χ1v) is 6.73. The normalized spacial score (nSPS) is 17.7. The first-order chi connectivity index (χ1) is 8.92. The third-order valence-corrected chi connectivity index (χ3v) is 2.85. The molecule has 5 heteroatoms. The summed E-state index contributed by atoms with van der Waals surface area (Å²) >= 11 is 0. The van der Waals surface area contributed by atoms with E-state index in [1.807, 2.05) is 26.8 Å². The highest BCUT2D eigenvalue weighted by Crippen LogP contribution is 2.11. The number of aldehydes is 1. The summed E-state index contributed by atoms with van der Waals surface area (Å²) in [6.45, 7) is 9.66. The highest BCUT2D eigenvalue weighted by molar-refractivity contribution is 5.68. The number of hydrogen-bond acceptors (Lipinski definition) is 4. The van der Waals surface area contributed by atoms with Crippen LogP contribution in [0.5, 0.6) is 0 Å². The number of carbonyl (C=O) groups is 2. The monoisotopic (exact) mass is 268 g/mol. The molecule has 1 aliphatic heterocycles. The van der Waals surface area contributed by atoms with Crippen LogP contribution >= 0.6 is 0 Å². The molecule has 0 saturated carbocycles. The Bertz CT molecular complexity index is 326. The van der Waals surface area contributed by atoms with Crippen LogP contribution in [0.15, 0.2) is 12.2 Å². The average Bonchev–Trinajstić information content (AvgIpc) is 2.33. The Morgan fingerprint density at radius 3 is 2.37 bits per heavy atom. The summed E-state index contributed by atoms with van der Waals surface area (Å²) in [7, 11) is 0. The van der Waals surface area contributed by atoms with Crippen LogP contribution in [0, 0.1) is 0 Å². The third-order valence-electron chi connectivity index (χ3n) is 2.85. The van der Waals surface area contributed by atoms with Crippen molar-refractivity contribution in [2.45, 2.75) is 32.8 Å². The molecule has 0 aliphatic carbocycles. The molecular weight excluding hydrogens is 244 g/mol. The van der Waals surface area contributed by atoms with Crippen LogP contribution in [0.4, 0.5) is 4.79 Å². The first-order valence-electron chi connectivity index (χ1n) is 6.73. The van der Waals surface area contributed by atoms with Crippen molar-refractivity contribution < 1.29 is 14.3 Å². The maximum Gasteiger partial charge on any atom is 0.410 e. The lowest BCUT2D eigenvalue weighted by Gasteiger charge is -2.35. The van der Waals surface area contributed by atoms with Gasteiger partial charge in [0.2, 0.25) is 0 Å². The molecule has 19 heavy (non-hydrogen) atoms. The molecule has 1 aliphatic rings. The van der Waals surface area contributed by atoms with Gasteiger partial charge < -0.3 is 9.64 Å². The molecular formula is C14H24N2O3. The van der Waals surface area contributed by atoms with E-state index in [-0.39, 0.29) is 6.09 Å². The van der Waals surface area contributed by atoms with Gasteiger partial charge in [0, 0.05) is 32.7 Å². The fourth-order valence-corrected chi connectivity index (χ4v) is 1.89. The van der Waals surface area contributed by atoms with E-state index < -0.39 is 5.60 Å². The molecule has 1 amide bonds. The number of rotatable bonds is 4. The van der Waals surface area contributed by atoms with E-state index in [2.05, 4.69) is 4.90 Å². The van der Waals surface area contributed by atoms with E-state index in [1.165, 1.54) is 6.08 Å². The van der Waals surface area contributed by atoms with Crippen molar-refractivity contribution in [2.24, 2.45) is 0 Å². The second-order valence-electron chi connectivity index (χ2n) is 5.66. The molecule has 108 valence electrons. The summed E-state index contributed by atoms with van der Waals surface area (Å²) in [5, 5.41) is 0. The molecule has 0 bridgehead atoms. The van der Waals surface area contributed by atoms with E-state index in [0.29, 0.717) is 13.1 Å². The number of allylic oxidation sites excluding steroid dienone is 1. The lowest BCUT2D eigenvalue weighted by molar-refractivity contribution is -0.104. The lowest BCUT2D eigenvalue weighted by Crippen LogP contribution is -2.50. The maximum atomic E-state index is 11.9. The van der Waals surface area contributed by atoms with Gasteiger partial charge in [-0.2, -0.15) is 0 Å². The standard InChI is InChI=1S/C14H24N2O3/c1-14(2,3)19-13(18)16-10-8-15(9-11-16)7-5-4-6-12-17/h4,6,12H,5,7-11H2,1-3H3/b6-4+. The summed E-state index contributed by atoms with van der Waals surface area (Å²) in [5.41, 5.74) is -0.437. The van der Waals surface area contributed by atoms with Crippen molar-refractivity contribution in [1.29, 1.82) is 0 Å². The molecule has 1 rings (SSSR count). The second kappa shape index (κ2) is 7.28. The smallest absolute Gasteiger partial charge is 0.410 e. The van der Waals surface area contributed by atoms with Gasteiger partial charge in [0.05, 0.1) is 0 Å². The fraction of sp³-hybridized carbons (Fsp3) is 0.714. The molecule has 1 saturated heterocycles. The molecule has 5 nitrogen and oxygen atoms in total. The highest BCUT2D eigenvalue weighted by Gasteiger charge is 2.25. The van der Waals surface area contributed by atoms with Crippen molar-refractivity contribution in [2.75, 3.05) is 32.7 Å². The molecule has 0 N–H and O–H groups in total. The fourth-order valence-electron chi connectivity index (χ4n) is 1.89. The van der Waals surface area contributed by atoms with E-state index in [0.717, 1.165) is 32.3 Å². The van der Waals surface area contributed by atoms with Crippen molar-refractivity contribution >= 4 is 12.4 Å². The largest absolute Gasteiger partial charge is 0.444 e. The van der Waals surface area contributed by atoms with Gasteiger partial charge in [-0.15, -0.1) is 0 Å². The Labute approximate surface area is 115 Å². The predicted molar refractivity (Wildman–Crippen MR) is 74.1 cm³/mol. The quantitative estimate of drug-likeness (QED) is 0.575. The van der Waals surface area contributed by atoms with Crippen LogP contribution in [-0.2, 0) is 9.53 Å². The van der Waals surface area contributed by atoms with Gasteiger partial charge in [-0.25, -0.2) is 4.79 Å². The van der Waals surface area contributed by atoms with Crippen molar-refractivity contribution in [1.82, 2.24) is 9.80 Å². The van der Waals surface area contributed by atoms with Gasteiger partial charge in [-0.05, 0) is 33.3 Å². The highest BCUT2D eigenvalue weighted by atomic mass is 16.6. The molecule has 0 aromatic heterocycles. The van der Waals surface area contributed by atoms with Crippen LogP contribution in [0.2, 0.25) is 0 Å². The number of ether oxygens (including phenoxy) is 1. The van der Waals surface area contributed by atoms with Gasteiger partial charge in [-0.1, -0.05) is 6.08 Å². The number of carbonyl (C=O) groups excluding carboxylic acids is 2. The van der Waals surface area contributed by atoms with E-state index in [9.17, 15) is 9.59 Å². The predicted octanol–water partition coefficient (Wildman–Crippen LogP) is 1.68. The van der Waals surface area contributed by atoms with E-state index in [4.69, 9.17) is 4.74 Å². The Balaban J connectivity index is 2.26. The van der Waals surface area contributed by atoms with E-state index in [1.54, 1.807) is 4.90 Å². The van der Waals surface area contributed by atoms with Crippen molar-refractivity contribution in [3.8, 4) is 0 Å². The van der Waals surface area contributed by atoms with Crippen LogP contribution in [0.3, 0.4) is 0 Å². The first kappa shape index (κ1) is 15.7. The van der Waals surface area contributed by atoms with Crippen molar-refractivity contribution in [3.63, 3.8) is 0 Å². The Morgan fingerprint density at radius 2 is 1.84 bits per heavy atom. The lowest BCUT2D eigenvalue weighted by atomic mass is 10.2. The van der Waals surface area contributed by atoms with E-state index >= 15 is 0 Å². The summed E-state index contributed by atoms with van der Waals surface area (Å²) in [6, 6.07) is 0. The summed E-state index contributed by atoms with van der Waals surface area (Å²) in [5.74, 6) is 0. The third kappa shape index (κ3) is 6.38. The minimum Gasteiger partial charge on any atom is -0.444 e. The Kier molecular flexibility index (Phi) is 6.02. The molecule has 0 aromatic rings. The summed E-state index contributed by atoms with van der Waals surface area (Å²) in [6.07, 6.45) is 4.82. The topological polar surface area (TPSA) is 49.9 Å². The van der Waals surface area contributed by atoms with Gasteiger partial charge in [0.15, 0.2) is 0 Å². The van der Waals surface area contributed by atoms with Crippen LogP contribution in [0.25, 0.3) is 0 Å². The Morgan fingerprint density at radius 1 is 1.21 bits per heavy atom. The van der Waals surface area contributed by atoms with Gasteiger partial charge in [0.1, 0.15) is 11.9 Å². The van der Waals surface area contributed by atoms with Crippen LogP contribution in [0.1, 0.15) is 27.2 Å². The summed E-state index contributed by atoms with van der Waals surface area (Å²) < 4.78 is 5.34. The number of piperazine rings is 1. The molecule has 0 spiro atoms. The summed E-state index contributed by atoms with van der Waals surface area (Å²) in [4.78, 5) is 26.0. The van der Waals surface area contributed by atoms with Gasteiger partial charge in [0.25, 0.3) is 0 Å². The maximum absolute atomic E-state index is 11.9.